The first-order valence-electron chi connectivity index (χ1n) is 5.29. The molecule has 0 aromatic carbocycles. The number of carbonyl (C=O) groups is 1. The Bertz CT molecular complexity index is 402. The predicted octanol–water partition coefficient (Wildman–Crippen LogP) is 2.33. The van der Waals surface area contributed by atoms with Crippen LogP contribution in [-0.4, -0.2) is 30.8 Å². The van der Waals surface area contributed by atoms with Crippen molar-refractivity contribution in [1.29, 1.82) is 0 Å². The second-order valence-electron chi connectivity index (χ2n) is 3.60. The molecule has 6 heteroatoms. The number of amides is 1. The lowest BCUT2D eigenvalue weighted by Gasteiger charge is -2.13. The van der Waals surface area contributed by atoms with Crippen LogP contribution in [0.3, 0.4) is 0 Å². The summed E-state index contributed by atoms with van der Waals surface area (Å²) in [6.45, 7) is 3.77. The summed E-state index contributed by atoms with van der Waals surface area (Å²) in [7, 11) is 1.53. The van der Waals surface area contributed by atoms with Gasteiger partial charge in [-0.05, 0) is 29.3 Å². The first kappa shape index (κ1) is 14.5. The van der Waals surface area contributed by atoms with Gasteiger partial charge in [0.1, 0.15) is 4.88 Å². The number of nitrogens with one attached hydrogen (secondary N) is 1. The lowest BCUT2D eigenvalue weighted by molar-refractivity contribution is 0.0916. The summed E-state index contributed by atoms with van der Waals surface area (Å²) in [4.78, 5) is 13.5. The zero-order chi connectivity index (χ0) is 13.0. The molecule has 0 saturated carbocycles. The van der Waals surface area contributed by atoms with E-state index >= 15 is 0 Å². The van der Waals surface area contributed by atoms with Crippen LogP contribution < -0.4 is 10.1 Å². The van der Waals surface area contributed by atoms with Gasteiger partial charge in [-0.2, -0.15) is 0 Å². The predicted molar refractivity (Wildman–Crippen MR) is 71.9 cm³/mol. The number of methoxy groups -OCH3 is 1. The highest BCUT2D eigenvalue weighted by Gasteiger charge is 2.22. The van der Waals surface area contributed by atoms with Crippen LogP contribution in [0.4, 0.5) is 0 Å². The molecule has 0 aliphatic heterocycles. The van der Waals surface area contributed by atoms with Gasteiger partial charge in [0.15, 0.2) is 5.75 Å². The standard InChI is InChI=1S/C11H16BrNO3S/c1-4-7(5-14)13-11(15)10-9(16-3)8(12)6(2)17-10/h7,14H,4-5H2,1-3H3,(H,13,15). The van der Waals surface area contributed by atoms with Crippen molar-refractivity contribution in [1.82, 2.24) is 5.32 Å². The van der Waals surface area contributed by atoms with Crippen LogP contribution in [0.15, 0.2) is 4.47 Å². The molecule has 1 atom stereocenters. The fourth-order valence-corrected chi connectivity index (χ4v) is 3.02. The minimum Gasteiger partial charge on any atom is -0.494 e. The fraction of sp³-hybridized carbons (Fsp3) is 0.545. The molecular formula is C11H16BrNO3S. The molecule has 0 fully saturated rings. The highest BCUT2D eigenvalue weighted by molar-refractivity contribution is 9.10. The third-order valence-corrected chi connectivity index (χ3v) is 4.73. The first-order valence-corrected chi connectivity index (χ1v) is 6.90. The maximum Gasteiger partial charge on any atom is 0.265 e. The molecule has 1 amide bonds. The Balaban J connectivity index is 2.92. The molecule has 0 bridgehead atoms. The van der Waals surface area contributed by atoms with Gasteiger partial charge >= 0.3 is 0 Å². The molecule has 96 valence electrons. The van der Waals surface area contributed by atoms with Gasteiger partial charge in [0.2, 0.25) is 0 Å². The van der Waals surface area contributed by atoms with E-state index in [-0.39, 0.29) is 18.6 Å². The second kappa shape index (κ2) is 6.37. The number of hydrogen-bond donors (Lipinski definition) is 2. The Morgan fingerprint density at radius 3 is 2.76 bits per heavy atom. The molecular weight excluding hydrogens is 306 g/mol. The first-order chi connectivity index (χ1) is 8.04. The quantitative estimate of drug-likeness (QED) is 0.875. The summed E-state index contributed by atoms with van der Waals surface area (Å²) in [5.74, 6) is 0.347. The average molecular weight is 322 g/mol. The average Bonchev–Trinajstić information content (AvgIpc) is 2.62. The Kier molecular flexibility index (Phi) is 5.42. The molecule has 4 nitrogen and oxygen atoms in total. The Labute approximate surface area is 113 Å². The number of aliphatic hydroxyl groups excluding tert-OH is 1. The zero-order valence-electron chi connectivity index (χ0n) is 10.0. The minimum atomic E-state index is -0.214. The smallest absolute Gasteiger partial charge is 0.265 e. The van der Waals surface area contributed by atoms with Crippen LogP contribution in [0.25, 0.3) is 0 Å². The monoisotopic (exact) mass is 321 g/mol. The molecule has 0 saturated heterocycles. The topological polar surface area (TPSA) is 58.6 Å². The van der Waals surface area contributed by atoms with E-state index in [0.29, 0.717) is 17.0 Å². The molecule has 0 aliphatic rings. The van der Waals surface area contributed by atoms with Crippen molar-refractivity contribution in [2.45, 2.75) is 26.3 Å². The maximum absolute atomic E-state index is 12.0. The summed E-state index contributed by atoms with van der Waals surface area (Å²) < 4.78 is 6.02. The van der Waals surface area contributed by atoms with E-state index in [2.05, 4.69) is 21.2 Å². The Morgan fingerprint density at radius 1 is 1.65 bits per heavy atom. The molecule has 1 rings (SSSR count). The minimum absolute atomic E-state index is 0.0594. The van der Waals surface area contributed by atoms with Crippen LogP contribution in [0.2, 0.25) is 0 Å². The van der Waals surface area contributed by atoms with Crippen molar-refractivity contribution < 1.29 is 14.6 Å². The Morgan fingerprint density at radius 2 is 2.29 bits per heavy atom. The van der Waals surface area contributed by atoms with Crippen molar-refractivity contribution in [3.8, 4) is 5.75 Å². The molecule has 1 aromatic rings. The van der Waals surface area contributed by atoms with E-state index < -0.39 is 0 Å². The van der Waals surface area contributed by atoms with E-state index in [1.807, 2.05) is 13.8 Å². The highest BCUT2D eigenvalue weighted by Crippen LogP contribution is 2.38. The van der Waals surface area contributed by atoms with Gasteiger partial charge in [0.05, 0.1) is 24.2 Å². The van der Waals surface area contributed by atoms with E-state index in [1.54, 1.807) is 0 Å². The SMILES string of the molecule is CCC(CO)NC(=O)c1sc(C)c(Br)c1OC. The van der Waals surface area contributed by atoms with Crippen molar-refractivity contribution in [2.75, 3.05) is 13.7 Å². The van der Waals surface area contributed by atoms with Crippen LogP contribution in [0, 0.1) is 6.92 Å². The Hall–Kier alpha value is -0.590. The lowest BCUT2D eigenvalue weighted by atomic mass is 10.2. The molecule has 1 unspecified atom stereocenters. The normalized spacial score (nSPS) is 12.3. The van der Waals surface area contributed by atoms with E-state index in [0.717, 1.165) is 9.35 Å². The van der Waals surface area contributed by atoms with Crippen molar-refractivity contribution in [3.05, 3.63) is 14.2 Å². The van der Waals surface area contributed by atoms with E-state index in [4.69, 9.17) is 9.84 Å². The second-order valence-corrected chi connectivity index (χ2v) is 5.61. The van der Waals surface area contributed by atoms with Crippen molar-refractivity contribution >= 4 is 33.2 Å². The molecule has 0 radical (unpaired) electrons. The number of hydrogen-bond acceptors (Lipinski definition) is 4. The van der Waals surface area contributed by atoms with Crippen LogP contribution in [0.1, 0.15) is 27.9 Å². The molecule has 1 aromatic heterocycles. The van der Waals surface area contributed by atoms with Crippen LogP contribution in [-0.2, 0) is 0 Å². The number of rotatable bonds is 5. The van der Waals surface area contributed by atoms with Crippen molar-refractivity contribution in [3.63, 3.8) is 0 Å². The summed E-state index contributed by atoms with van der Waals surface area (Å²) in [5.41, 5.74) is 0. The van der Waals surface area contributed by atoms with Crippen molar-refractivity contribution in [2.24, 2.45) is 0 Å². The number of carbonyl (C=O) groups excluding carboxylic acids is 1. The number of aryl methyl sites for hydroxylation is 1. The third kappa shape index (κ3) is 3.20. The van der Waals surface area contributed by atoms with Gasteiger partial charge in [-0.25, -0.2) is 0 Å². The van der Waals surface area contributed by atoms with Gasteiger partial charge in [0, 0.05) is 4.88 Å². The third-order valence-electron chi connectivity index (χ3n) is 2.43. The van der Waals surface area contributed by atoms with Gasteiger partial charge in [0.25, 0.3) is 5.91 Å². The van der Waals surface area contributed by atoms with E-state index in [1.165, 1.54) is 18.4 Å². The number of aliphatic hydroxyl groups is 1. The number of halogens is 1. The van der Waals surface area contributed by atoms with Crippen LogP contribution in [0.5, 0.6) is 5.75 Å². The summed E-state index contributed by atoms with van der Waals surface area (Å²) in [6, 6.07) is -0.214. The lowest BCUT2D eigenvalue weighted by Crippen LogP contribution is -2.36. The largest absolute Gasteiger partial charge is 0.494 e. The summed E-state index contributed by atoms with van der Waals surface area (Å²) >= 11 is 4.76. The molecule has 2 N–H and O–H groups in total. The van der Waals surface area contributed by atoms with Gasteiger partial charge in [-0.1, -0.05) is 6.92 Å². The molecule has 17 heavy (non-hydrogen) atoms. The number of thiophene rings is 1. The highest BCUT2D eigenvalue weighted by atomic mass is 79.9. The van der Waals surface area contributed by atoms with Crippen LogP contribution >= 0.6 is 27.3 Å². The molecule has 1 heterocycles. The van der Waals surface area contributed by atoms with Gasteiger partial charge in [-0.15, -0.1) is 11.3 Å². The summed E-state index contributed by atoms with van der Waals surface area (Å²) in [6.07, 6.45) is 0.691. The van der Waals surface area contributed by atoms with E-state index in [9.17, 15) is 4.79 Å². The fourth-order valence-electron chi connectivity index (χ4n) is 1.36. The molecule has 0 aliphatic carbocycles. The van der Waals surface area contributed by atoms with Gasteiger partial charge in [-0.3, -0.25) is 4.79 Å². The zero-order valence-corrected chi connectivity index (χ0v) is 12.4. The maximum atomic E-state index is 12.0. The molecule has 0 spiro atoms. The van der Waals surface area contributed by atoms with Gasteiger partial charge < -0.3 is 15.2 Å². The summed E-state index contributed by atoms with van der Waals surface area (Å²) in [5, 5.41) is 11.8. The number of ether oxygens (including phenoxy) is 1.